The predicted octanol–water partition coefficient (Wildman–Crippen LogP) is 0.948. The van der Waals surface area contributed by atoms with E-state index in [2.05, 4.69) is 5.32 Å². The van der Waals surface area contributed by atoms with Crippen LogP contribution in [-0.4, -0.2) is 43.4 Å². The molecule has 1 aliphatic heterocycles. The van der Waals surface area contributed by atoms with Crippen LogP contribution in [0.3, 0.4) is 0 Å². The number of carboxylic acids is 1. The van der Waals surface area contributed by atoms with Gasteiger partial charge in [-0.1, -0.05) is 0 Å². The third-order valence-electron chi connectivity index (χ3n) is 3.01. The highest BCUT2D eigenvalue weighted by Gasteiger charge is 2.28. The fourth-order valence-electron chi connectivity index (χ4n) is 2.13. The molecular formula is C13H18N2O3. The summed E-state index contributed by atoms with van der Waals surface area (Å²) in [5, 5.41) is 12.3. The number of piperazine rings is 1. The normalized spacial score (nSPS) is 19.6. The van der Waals surface area contributed by atoms with E-state index in [4.69, 9.17) is 4.74 Å². The molecule has 0 radical (unpaired) electrons. The Balaban J connectivity index is 2.15. The van der Waals surface area contributed by atoms with Gasteiger partial charge in [-0.25, -0.2) is 4.79 Å². The van der Waals surface area contributed by atoms with E-state index >= 15 is 0 Å². The second kappa shape index (κ2) is 5.73. The minimum absolute atomic E-state index is 0.475. The zero-order chi connectivity index (χ0) is 13.0. The molecule has 2 N–H and O–H groups in total. The molecule has 1 saturated heterocycles. The van der Waals surface area contributed by atoms with Crippen LogP contribution < -0.4 is 15.0 Å². The van der Waals surface area contributed by atoms with Crippen LogP contribution in [0.15, 0.2) is 24.3 Å². The van der Waals surface area contributed by atoms with Gasteiger partial charge < -0.3 is 20.1 Å². The van der Waals surface area contributed by atoms with Crippen molar-refractivity contribution >= 4 is 11.7 Å². The molecule has 1 atom stereocenters. The highest BCUT2D eigenvalue weighted by molar-refractivity contribution is 5.79. The number of ether oxygens (including phenoxy) is 1. The van der Waals surface area contributed by atoms with Crippen molar-refractivity contribution in [3.63, 3.8) is 0 Å². The van der Waals surface area contributed by atoms with E-state index < -0.39 is 12.0 Å². The maximum absolute atomic E-state index is 11.2. The predicted molar refractivity (Wildman–Crippen MR) is 69.3 cm³/mol. The van der Waals surface area contributed by atoms with Gasteiger partial charge in [0.2, 0.25) is 0 Å². The SMILES string of the molecule is CCOc1ccc(N2CCNCC2C(=O)O)cc1. The number of anilines is 1. The quantitative estimate of drug-likeness (QED) is 0.833. The summed E-state index contributed by atoms with van der Waals surface area (Å²) in [6, 6.07) is 7.06. The highest BCUT2D eigenvalue weighted by atomic mass is 16.5. The van der Waals surface area contributed by atoms with Crippen molar-refractivity contribution in [2.75, 3.05) is 31.1 Å². The average Bonchev–Trinajstić information content (AvgIpc) is 2.40. The molecule has 1 aromatic carbocycles. The molecule has 5 heteroatoms. The van der Waals surface area contributed by atoms with E-state index in [1.54, 1.807) is 0 Å². The molecule has 5 nitrogen and oxygen atoms in total. The van der Waals surface area contributed by atoms with Gasteiger partial charge in [-0.15, -0.1) is 0 Å². The van der Waals surface area contributed by atoms with Crippen molar-refractivity contribution in [2.24, 2.45) is 0 Å². The Kier molecular flexibility index (Phi) is 4.04. The van der Waals surface area contributed by atoms with E-state index in [-0.39, 0.29) is 0 Å². The topological polar surface area (TPSA) is 61.8 Å². The van der Waals surface area contributed by atoms with Crippen LogP contribution in [0.25, 0.3) is 0 Å². The van der Waals surface area contributed by atoms with Crippen LogP contribution in [0.2, 0.25) is 0 Å². The first-order valence-electron chi connectivity index (χ1n) is 6.15. The highest BCUT2D eigenvalue weighted by Crippen LogP contribution is 2.22. The summed E-state index contributed by atoms with van der Waals surface area (Å²) in [6.07, 6.45) is 0. The van der Waals surface area contributed by atoms with E-state index in [9.17, 15) is 9.90 Å². The third kappa shape index (κ3) is 2.73. The number of carbonyl (C=O) groups is 1. The number of nitrogens with one attached hydrogen (secondary N) is 1. The van der Waals surface area contributed by atoms with Crippen LogP contribution in [0, 0.1) is 0 Å². The molecule has 0 aliphatic carbocycles. The number of aliphatic carboxylic acids is 1. The number of benzene rings is 1. The lowest BCUT2D eigenvalue weighted by Gasteiger charge is -2.35. The molecule has 98 valence electrons. The fraction of sp³-hybridized carbons (Fsp3) is 0.462. The molecule has 1 heterocycles. The number of nitrogens with zero attached hydrogens (tertiary/aromatic N) is 1. The lowest BCUT2D eigenvalue weighted by molar-refractivity contribution is -0.138. The van der Waals surface area contributed by atoms with Gasteiger partial charge in [0.15, 0.2) is 0 Å². The van der Waals surface area contributed by atoms with Gasteiger partial charge in [0.25, 0.3) is 0 Å². The zero-order valence-corrected chi connectivity index (χ0v) is 10.4. The van der Waals surface area contributed by atoms with Crippen LogP contribution >= 0.6 is 0 Å². The van der Waals surface area contributed by atoms with E-state index in [1.807, 2.05) is 36.1 Å². The molecule has 0 spiro atoms. The number of rotatable bonds is 4. The number of hydrogen-bond acceptors (Lipinski definition) is 4. The summed E-state index contributed by atoms with van der Waals surface area (Å²) in [7, 11) is 0. The zero-order valence-electron chi connectivity index (χ0n) is 10.4. The monoisotopic (exact) mass is 250 g/mol. The van der Waals surface area contributed by atoms with Gasteiger partial charge in [-0.2, -0.15) is 0 Å². The largest absolute Gasteiger partial charge is 0.494 e. The van der Waals surface area contributed by atoms with Crippen molar-refractivity contribution in [1.82, 2.24) is 5.32 Å². The van der Waals surface area contributed by atoms with Gasteiger partial charge in [-0.3, -0.25) is 0 Å². The molecule has 0 bridgehead atoms. The summed E-state index contributed by atoms with van der Waals surface area (Å²) in [6.45, 7) is 4.54. The van der Waals surface area contributed by atoms with Gasteiger partial charge in [-0.05, 0) is 31.2 Å². The second-order valence-corrected chi connectivity index (χ2v) is 4.18. The minimum atomic E-state index is -0.795. The summed E-state index contributed by atoms with van der Waals surface area (Å²) in [5.41, 5.74) is 0.923. The van der Waals surface area contributed by atoms with Crippen LogP contribution in [0.1, 0.15) is 6.92 Å². The first kappa shape index (κ1) is 12.7. The summed E-state index contributed by atoms with van der Waals surface area (Å²) >= 11 is 0. The lowest BCUT2D eigenvalue weighted by Crippen LogP contribution is -2.55. The Morgan fingerprint density at radius 3 is 2.83 bits per heavy atom. The maximum Gasteiger partial charge on any atom is 0.327 e. The molecule has 0 saturated carbocycles. The molecule has 2 rings (SSSR count). The Labute approximate surface area is 106 Å². The molecule has 1 aromatic rings. The van der Waals surface area contributed by atoms with Crippen molar-refractivity contribution < 1.29 is 14.6 Å². The minimum Gasteiger partial charge on any atom is -0.494 e. The first-order chi connectivity index (χ1) is 8.72. The number of hydrogen-bond donors (Lipinski definition) is 2. The number of carboxylic acid groups (broad SMARTS) is 1. The standard InChI is InChI=1S/C13H18N2O3/c1-2-18-11-5-3-10(4-6-11)15-8-7-14-9-12(15)13(16)17/h3-6,12,14H,2,7-9H2,1H3,(H,16,17). The third-order valence-corrected chi connectivity index (χ3v) is 3.01. The van der Waals surface area contributed by atoms with Crippen LogP contribution in [0.4, 0.5) is 5.69 Å². The van der Waals surface area contributed by atoms with Gasteiger partial charge in [0.05, 0.1) is 6.61 Å². The molecule has 1 unspecified atom stereocenters. The second-order valence-electron chi connectivity index (χ2n) is 4.18. The van der Waals surface area contributed by atoms with Crippen molar-refractivity contribution in [3.05, 3.63) is 24.3 Å². The summed E-state index contributed by atoms with van der Waals surface area (Å²) < 4.78 is 5.38. The molecule has 0 amide bonds. The van der Waals surface area contributed by atoms with Gasteiger partial charge >= 0.3 is 5.97 Å². The lowest BCUT2D eigenvalue weighted by atomic mass is 10.1. The Bertz CT molecular complexity index is 405. The molecular weight excluding hydrogens is 232 g/mol. The van der Waals surface area contributed by atoms with Gasteiger partial charge in [0.1, 0.15) is 11.8 Å². The maximum atomic E-state index is 11.2. The molecule has 1 fully saturated rings. The fourth-order valence-corrected chi connectivity index (χ4v) is 2.13. The Morgan fingerprint density at radius 1 is 1.50 bits per heavy atom. The first-order valence-corrected chi connectivity index (χ1v) is 6.15. The summed E-state index contributed by atoms with van der Waals surface area (Å²) in [5.74, 6) is 0.0133. The molecule has 1 aliphatic rings. The molecule has 18 heavy (non-hydrogen) atoms. The van der Waals surface area contributed by atoms with Crippen LogP contribution in [0.5, 0.6) is 5.75 Å². The van der Waals surface area contributed by atoms with Crippen LogP contribution in [-0.2, 0) is 4.79 Å². The van der Waals surface area contributed by atoms with E-state index in [0.717, 1.165) is 18.0 Å². The van der Waals surface area contributed by atoms with Crippen molar-refractivity contribution in [2.45, 2.75) is 13.0 Å². The smallest absolute Gasteiger partial charge is 0.327 e. The van der Waals surface area contributed by atoms with E-state index in [1.165, 1.54) is 0 Å². The molecule has 0 aromatic heterocycles. The Hall–Kier alpha value is -1.75. The van der Waals surface area contributed by atoms with E-state index in [0.29, 0.717) is 19.7 Å². The summed E-state index contributed by atoms with van der Waals surface area (Å²) in [4.78, 5) is 13.1. The van der Waals surface area contributed by atoms with Crippen molar-refractivity contribution in [1.29, 1.82) is 0 Å². The van der Waals surface area contributed by atoms with Gasteiger partial charge in [0, 0.05) is 25.3 Å². The average molecular weight is 250 g/mol. The van der Waals surface area contributed by atoms with Crippen molar-refractivity contribution in [3.8, 4) is 5.75 Å². The Morgan fingerprint density at radius 2 is 2.22 bits per heavy atom.